The van der Waals surface area contributed by atoms with Gasteiger partial charge >= 0.3 is 18.3 Å². The number of carboxylic acid groups (broad SMARTS) is 1. The molecule has 2 aromatic carbocycles. The lowest BCUT2D eigenvalue weighted by Crippen LogP contribution is -2.50. The van der Waals surface area contributed by atoms with Gasteiger partial charge in [-0.15, -0.1) is 12.4 Å². The standard InChI is InChI=1S/C25H23F6NO3.ClH/c1-14-16(10-32-11-18(12-32)23(33)34)3-2-15-8-20(6-7-21(14)15)35-13-17-4-5-19(24(26,27)28)9-22(17)25(29,30)31;/h4-9,18H,2-3,10-13H2,1H3,(H,33,34);1H. The molecule has 0 atom stereocenters. The average Bonchev–Trinajstić information content (AvgIpc) is 2.74. The molecule has 1 saturated heterocycles. The number of nitrogens with zero attached hydrogens (tertiary/aromatic N) is 1. The van der Waals surface area contributed by atoms with Crippen molar-refractivity contribution in [2.24, 2.45) is 5.92 Å². The van der Waals surface area contributed by atoms with Gasteiger partial charge in [0.2, 0.25) is 0 Å². The summed E-state index contributed by atoms with van der Waals surface area (Å²) in [7, 11) is 0. The molecule has 4 rings (SSSR count). The van der Waals surface area contributed by atoms with Crippen molar-refractivity contribution in [3.63, 3.8) is 0 Å². The van der Waals surface area contributed by atoms with Crippen molar-refractivity contribution >= 4 is 23.9 Å². The second kappa shape index (κ2) is 10.3. The number of rotatable bonds is 6. The highest BCUT2D eigenvalue weighted by Crippen LogP contribution is 2.38. The van der Waals surface area contributed by atoms with Crippen LogP contribution in [-0.2, 0) is 30.2 Å². The molecule has 1 aliphatic carbocycles. The highest BCUT2D eigenvalue weighted by Gasteiger charge is 2.38. The molecule has 1 fully saturated rings. The Morgan fingerprint density at radius 1 is 1.03 bits per heavy atom. The topological polar surface area (TPSA) is 49.8 Å². The Morgan fingerprint density at radius 2 is 1.72 bits per heavy atom. The normalized spacial score (nSPS) is 16.8. The van der Waals surface area contributed by atoms with Crippen molar-refractivity contribution in [2.75, 3.05) is 19.6 Å². The van der Waals surface area contributed by atoms with Gasteiger partial charge in [-0.25, -0.2) is 0 Å². The number of benzene rings is 2. The highest BCUT2D eigenvalue weighted by molar-refractivity contribution is 5.85. The summed E-state index contributed by atoms with van der Waals surface area (Å²) in [4.78, 5) is 13.1. The Morgan fingerprint density at radius 3 is 2.33 bits per heavy atom. The maximum absolute atomic E-state index is 13.4. The van der Waals surface area contributed by atoms with Gasteiger partial charge in [0, 0.05) is 25.2 Å². The highest BCUT2D eigenvalue weighted by atomic mass is 35.5. The number of fused-ring (bicyclic) bond motifs is 1. The lowest BCUT2D eigenvalue weighted by molar-refractivity contribution is -0.147. The molecule has 0 unspecified atom stereocenters. The van der Waals surface area contributed by atoms with Crippen LogP contribution in [0.2, 0.25) is 0 Å². The van der Waals surface area contributed by atoms with E-state index in [1.165, 1.54) is 5.57 Å². The van der Waals surface area contributed by atoms with Gasteiger partial charge in [0.1, 0.15) is 12.4 Å². The maximum Gasteiger partial charge on any atom is 0.416 e. The van der Waals surface area contributed by atoms with Gasteiger partial charge in [0.15, 0.2) is 0 Å². The summed E-state index contributed by atoms with van der Waals surface area (Å²) in [6.07, 6.45) is -8.36. The first-order chi connectivity index (χ1) is 16.3. The summed E-state index contributed by atoms with van der Waals surface area (Å²) in [5.41, 5.74) is 1.16. The Hall–Kier alpha value is -2.72. The van der Waals surface area contributed by atoms with Crippen LogP contribution in [0.5, 0.6) is 5.75 Å². The van der Waals surface area contributed by atoms with E-state index < -0.39 is 36.1 Å². The van der Waals surface area contributed by atoms with Gasteiger partial charge in [0.05, 0.1) is 17.0 Å². The van der Waals surface area contributed by atoms with Gasteiger partial charge in [-0.2, -0.15) is 26.3 Å². The van der Waals surface area contributed by atoms with Gasteiger partial charge in [-0.1, -0.05) is 17.7 Å². The van der Waals surface area contributed by atoms with Crippen LogP contribution in [0.25, 0.3) is 5.57 Å². The number of carboxylic acids is 1. The van der Waals surface area contributed by atoms with E-state index in [1.54, 1.807) is 12.1 Å². The molecule has 0 amide bonds. The van der Waals surface area contributed by atoms with Crippen molar-refractivity contribution in [1.29, 1.82) is 0 Å². The maximum atomic E-state index is 13.4. The van der Waals surface area contributed by atoms with Gasteiger partial charge in [-0.3, -0.25) is 9.69 Å². The number of hydrogen-bond acceptors (Lipinski definition) is 3. The Kier molecular flexibility index (Phi) is 8.00. The average molecular weight is 536 g/mol. The fourth-order valence-electron chi connectivity index (χ4n) is 4.52. The zero-order valence-corrected chi connectivity index (χ0v) is 20.0. The van der Waals surface area contributed by atoms with Gasteiger partial charge < -0.3 is 9.84 Å². The first kappa shape index (κ1) is 27.9. The molecule has 1 heterocycles. The number of alkyl halides is 6. The van der Waals surface area contributed by atoms with Crippen molar-refractivity contribution in [2.45, 2.75) is 38.7 Å². The SMILES string of the molecule is CC1=C(CN2CC(C(=O)O)C2)CCc2cc(OCc3ccc(C(F)(F)F)cc3C(F)(F)F)ccc21.Cl. The fourth-order valence-corrected chi connectivity index (χ4v) is 4.52. The number of carbonyl (C=O) groups is 1. The molecule has 196 valence electrons. The third-order valence-corrected chi connectivity index (χ3v) is 6.56. The third kappa shape index (κ3) is 5.98. The summed E-state index contributed by atoms with van der Waals surface area (Å²) in [5.74, 6) is -0.777. The molecule has 1 N–H and O–H groups in total. The minimum Gasteiger partial charge on any atom is -0.489 e. The van der Waals surface area contributed by atoms with E-state index in [0.717, 1.165) is 29.2 Å². The quantitative estimate of drug-likeness (QED) is 0.431. The van der Waals surface area contributed by atoms with Crippen molar-refractivity contribution in [1.82, 2.24) is 4.90 Å². The van der Waals surface area contributed by atoms with Crippen LogP contribution < -0.4 is 4.74 Å². The summed E-state index contributed by atoms with van der Waals surface area (Å²) in [5, 5.41) is 9.03. The molecular formula is C25H24ClF6NO3. The van der Waals surface area contributed by atoms with Crippen molar-refractivity contribution < 1.29 is 41.0 Å². The van der Waals surface area contributed by atoms with Crippen molar-refractivity contribution in [3.05, 3.63) is 69.8 Å². The van der Waals surface area contributed by atoms with Gasteiger partial charge in [0.25, 0.3) is 0 Å². The molecule has 0 bridgehead atoms. The first-order valence-electron chi connectivity index (χ1n) is 11.0. The second-order valence-electron chi connectivity index (χ2n) is 8.93. The van der Waals surface area contributed by atoms with Crippen molar-refractivity contribution in [3.8, 4) is 5.75 Å². The van der Waals surface area contributed by atoms with Crippen LogP contribution in [0.15, 0.2) is 42.0 Å². The number of halogens is 7. The van der Waals surface area contributed by atoms with Crippen LogP contribution in [0.3, 0.4) is 0 Å². The number of hydrogen-bond donors (Lipinski definition) is 1. The first-order valence-corrected chi connectivity index (χ1v) is 11.0. The number of allylic oxidation sites excluding steroid dienone is 1. The number of aryl methyl sites for hydroxylation is 1. The molecule has 0 radical (unpaired) electrons. The lowest BCUT2D eigenvalue weighted by Gasteiger charge is -2.38. The summed E-state index contributed by atoms with van der Waals surface area (Å²) in [6.45, 7) is 3.21. The van der Waals surface area contributed by atoms with Gasteiger partial charge in [-0.05, 0) is 60.7 Å². The van der Waals surface area contributed by atoms with E-state index in [-0.39, 0.29) is 30.0 Å². The Labute approximate surface area is 210 Å². The monoisotopic (exact) mass is 535 g/mol. The molecule has 2 aromatic rings. The summed E-state index contributed by atoms with van der Waals surface area (Å²) >= 11 is 0. The third-order valence-electron chi connectivity index (χ3n) is 6.56. The minimum absolute atomic E-state index is 0. The number of aliphatic carboxylic acids is 1. The largest absolute Gasteiger partial charge is 0.489 e. The molecule has 0 spiro atoms. The lowest BCUT2D eigenvalue weighted by atomic mass is 9.85. The van der Waals surface area contributed by atoms with Crippen LogP contribution in [0.4, 0.5) is 26.3 Å². The fraction of sp³-hybridized carbons (Fsp3) is 0.400. The second-order valence-corrected chi connectivity index (χ2v) is 8.93. The molecule has 1 aliphatic heterocycles. The van der Waals surface area contributed by atoms with E-state index in [2.05, 4.69) is 4.90 Å². The molecule has 11 heteroatoms. The molecular weight excluding hydrogens is 512 g/mol. The Bertz CT molecular complexity index is 1170. The molecule has 2 aliphatic rings. The van der Waals surface area contributed by atoms with E-state index in [0.29, 0.717) is 37.9 Å². The predicted octanol–water partition coefficient (Wildman–Crippen LogP) is 6.46. The molecule has 4 nitrogen and oxygen atoms in total. The van der Waals surface area contributed by atoms with E-state index in [9.17, 15) is 31.1 Å². The van der Waals surface area contributed by atoms with E-state index in [4.69, 9.17) is 9.84 Å². The Balaban J connectivity index is 0.00000361. The zero-order valence-electron chi connectivity index (χ0n) is 19.2. The number of ether oxygens (including phenoxy) is 1. The van der Waals surface area contributed by atoms with Crippen LogP contribution >= 0.6 is 12.4 Å². The molecule has 0 aromatic heterocycles. The predicted molar refractivity (Wildman–Crippen MR) is 123 cm³/mol. The van der Waals surface area contributed by atoms with Crippen LogP contribution in [0, 0.1) is 5.92 Å². The summed E-state index contributed by atoms with van der Waals surface area (Å²) in [6, 6.07) is 6.73. The number of likely N-dealkylation sites (tertiary alicyclic amines) is 1. The van der Waals surface area contributed by atoms with E-state index in [1.807, 2.05) is 13.0 Å². The van der Waals surface area contributed by atoms with Crippen LogP contribution in [-0.4, -0.2) is 35.6 Å². The van der Waals surface area contributed by atoms with Crippen LogP contribution in [0.1, 0.15) is 41.2 Å². The minimum atomic E-state index is -4.95. The molecule has 0 saturated carbocycles. The van der Waals surface area contributed by atoms with E-state index >= 15 is 0 Å². The smallest absolute Gasteiger partial charge is 0.416 e. The summed E-state index contributed by atoms with van der Waals surface area (Å²) < 4.78 is 84.3. The zero-order chi connectivity index (χ0) is 25.5. The molecule has 36 heavy (non-hydrogen) atoms.